The summed E-state index contributed by atoms with van der Waals surface area (Å²) >= 11 is 3.46. The number of hydrogen-bond acceptors (Lipinski definition) is 4. The summed E-state index contributed by atoms with van der Waals surface area (Å²) in [5.41, 5.74) is 1.52. The second-order valence-electron chi connectivity index (χ2n) is 6.30. The molecule has 1 aromatic rings. The van der Waals surface area contributed by atoms with Crippen LogP contribution in [0.3, 0.4) is 0 Å². The number of hydroxylamine groups is 2. The first-order valence-corrected chi connectivity index (χ1v) is 8.26. The molecule has 0 bridgehead atoms. The number of aliphatic hydroxyl groups excluding tert-OH is 1. The Labute approximate surface area is 170 Å². The van der Waals surface area contributed by atoms with Gasteiger partial charge in [0.1, 0.15) is 5.54 Å². The fourth-order valence-electron chi connectivity index (χ4n) is 2.56. The number of halogens is 1. The van der Waals surface area contributed by atoms with Crippen molar-refractivity contribution in [2.45, 2.75) is 51.3 Å². The number of piperazine rings is 1. The van der Waals surface area contributed by atoms with Crippen molar-refractivity contribution in [3.05, 3.63) is 33.8 Å². The predicted octanol–water partition coefficient (Wildman–Crippen LogP) is 2.54. The molecular formula is C16H23BrN2O3Y. The van der Waals surface area contributed by atoms with Gasteiger partial charge in [-0.3, -0.25) is 4.79 Å². The zero-order valence-electron chi connectivity index (χ0n) is 13.7. The van der Waals surface area contributed by atoms with Crippen molar-refractivity contribution in [2.24, 2.45) is 0 Å². The molecule has 1 amide bonds. The SMILES string of the molecule is CC(C)O.Cc1cc(Br)cc(C2CN(O)C3(CC3)C(=O)N2)c1.[Y]. The molecule has 1 aliphatic heterocycles. The third kappa shape index (κ3) is 5.31. The molecule has 0 aromatic heterocycles. The maximum atomic E-state index is 12.0. The predicted molar refractivity (Wildman–Crippen MR) is 87.6 cm³/mol. The number of benzene rings is 1. The van der Waals surface area contributed by atoms with Gasteiger partial charge in [-0.1, -0.05) is 22.0 Å². The molecule has 3 N–H and O–H groups in total. The van der Waals surface area contributed by atoms with Crippen LogP contribution < -0.4 is 5.32 Å². The number of carbonyl (C=O) groups excluding carboxylic acids is 1. The minimum atomic E-state index is -0.627. The first kappa shape index (κ1) is 21.2. The van der Waals surface area contributed by atoms with Crippen LogP contribution in [0.1, 0.15) is 43.9 Å². The molecule has 1 heterocycles. The van der Waals surface area contributed by atoms with Crippen LogP contribution in [0.5, 0.6) is 0 Å². The summed E-state index contributed by atoms with van der Waals surface area (Å²) in [4.78, 5) is 12.0. The van der Waals surface area contributed by atoms with Gasteiger partial charge in [-0.2, -0.15) is 5.06 Å². The number of rotatable bonds is 1. The fraction of sp³-hybridized carbons (Fsp3) is 0.562. The minimum Gasteiger partial charge on any atom is -0.394 e. The van der Waals surface area contributed by atoms with Crippen molar-refractivity contribution in [1.82, 2.24) is 10.4 Å². The smallest absolute Gasteiger partial charge is 0.243 e. The number of nitrogens with one attached hydrogen (secondary N) is 1. The number of carbonyl (C=O) groups is 1. The quantitative estimate of drug-likeness (QED) is 0.603. The van der Waals surface area contributed by atoms with Crippen molar-refractivity contribution in [3.63, 3.8) is 0 Å². The summed E-state index contributed by atoms with van der Waals surface area (Å²) in [5.74, 6) is -0.0566. The first-order valence-electron chi connectivity index (χ1n) is 7.47. The zero-order chi connectivity index (χ0) is 16.5. The summed E-state index contributed by atoms with van der Waals surface area (Å²) in [6.07, 6.45) is 1.33. The van der Waals surface area contributed by atoms with Crippen LogP contribution in [-0.2, 0) is 37.5 Å². The monoisotopic (exact) mass is 459 g/mol. The molecule has 2 fully saturated rings. The van der Waals surface area contributed by atoms with E-state index in [0.717, 1.165) is 28.4 Å². The molecule has 1 aliphatic carbocycles. The van der Waals surface area contributed by atoms with Gasteiger partial charge < -0.3 is 15.6 Å². The van der Waals surface area contributed by atoms with Crippen molar-refractivity contribution < 1.29 is 47.8 Å². The largest absolute Gasteiger partial charge is 0.394 e. The number of hydrogen-bond donors (Lipinski definition) is 3. The van der Waals surface area contributed by atoms with Gasteiger partial charge in [0.2, 0.25) is 5.91 Å². The molecule has 125 valence electrons. The average molecular weight is 460 g/mol. The first-order chi connectivity index (χ1) is 10.2. The summed E-state index contributed by atoms with van der Waals surface area (Å²) in [6.45, 7) is 5.90. The topological polar surface area (TPSA) is 72.8 Å². The van der Waals surface area contributed by atoms with Gasteiger partial charge in [0.25, 0.3) is 0 Å². The van der Waals surface area contributed by atoms with Gasteiger partial charge >= 0.3 is 0 Å². The molecule has 2 aliphatic rings. The summed E-state index contributed by atoms with van der Waals surface area (Å²) in [6, 6.07) is 5.89. The number of aliphatic hydroxyl groups is 1. The maximum Gasteiger partial charge on any atom is 0.243 e. The Kier molecular flexibility index (Phi) is 7.83. The van der Waals surface area contributed by atoms with E-state index in [-0.39, 0.29) is 50.8 Å². The van der Waals surface area contributed by atoms with Crippen LogP contribution in [0.2, 0.25) is 0 Å². The summed E-state index contributed by atoms with van der Waals surface area (Å²) in [5, 5.41) is 22.3. The Balaban J connectivity index is 0.000000478. The van der Waals surface area contributed by atoms with Crippen LogP contribution in [0.25, 0.3) is 0 Å². The Morgan fingerprint density at radius 1 is 1.35 bits per heavy atom. The minimum absolute atomic E-state index is 0. The molecule has 1 saturated carbocycles. The Morgan fingerprint density at radius 2 is 1.91 bits per heavy atom. The molecule has 1 atom stereocenters. The molecule has 1 unspecified atom stereocenters. The van der Waals surface area contributed by atoms with Gasteiger partial charge in [-0.15, -0.1) is 0 Å². The van der Waals surface area contributed by atoms with Crippen LogP contribution in [-0.4, -0.2) is 39.5 Å². The van der Waals surface area contributed by atoms with E-state index >= 15 is 0 Å². The average Bonchev–Trinajstić information content (AvgIpc) is 3.15. The molecule has 5 nitrogen and oxygen atoms in total. The second kappa shape index (κ2) is 8.50. The maximum absolute atomic E-state index is 12.0. The van der Waals surface area contributed by atoms with E-state index in [1.807, 2.05) is 25.1 Å². The van der Waals surface area contributed by atoms with E-state index in [0.29, 0.717) is 6.54 Å². The van der Waals surface area contributed by atoms with Crippen LogP contribution >= 0.6 is 15.9 Å². The number of aryl methyl sites for hydroxylation is 1. The van der Waals surface area contributed by atoms with Crippen LogP contribution in [0.4, 0.5) is 0 Å². The van der Waals surface area contributed by atoms with E-state index in [1.54, 1.807) is 13.8 Å². The molecule has 1 spiro atoms. The van der Waals surface area contributed by atoms with E-state index in [9.17, 15) is 10.0 Å². The Hall–Kier alpha value is 0.154. The molecular weight excluding hydrogens is 437 g/mol. The number of nitrogens with zero attached hydrogens (tertiary/aromatic N) is 1. The third-order valence-electron chi connectivity index (χ3n) is 3.77. The zero-order valence-corrected chi connectivity index (χ0v) is 18.1. The van der Waals surface area contributed by atoms with Gasteiger partial charge in [-0.05, 0) is 56.9 Å². The molecule has 7 heteroatoms. The second-order valence-corrected chi connectivity index (χ2v) is 7.21. The molecule has 1 saturated heterocycles. The molecule has 23 heavy (non-hydrogen) atoms. The standard InChI is InChI=1S/C13H15BrN2O2.C3H8O.Y/c1-8-4-9(6-10(14)5-8)11-7-16(18)13(2-3-13)12(17)15-11;1-3(2)4;/h4-6,11,18H,2-3,7H2,1H3,(H,15,17);3-4H,1-2H3;. The van der Waals surface area contributed by atoms with Crippen molar-refractivity contribution in [2.75, 3.05) is 6.54 Å². The normalized spacial score (nSPS) is 22.0. The van der Waals surface area contributed by atoms with Crippen LogP contribution in [0.15, 0.2) is 22.7 Å². The Bertz CT molecular complexity index is 541. The molecule has 3 rings (SSSR count). The van der Waals surface area contributed by atoms with Crippen molar-refractivity contribution >= 4 is 21.8 Å². The molecule has 1 aromatic carbocycles. The van der Waals surface area contributed by atoms with Crippen LogP contribution in [0, 0.1) is 6.92 Å². The van der Waals surface area contributed by atoms with Gasteiger partial charge in [0.05, 0.1) is 6.04 Å². The third-order valence-corrected chi connectivity index (χ3v) is 4.23. The van der Waals surface area contributed by atoms with E-state index in [2.05, 4.69) is 21.2 Å². The number of amides is 1. The summed E-state index contributed by atoms with van der Waals surface area (Å²) in [7, 11) is 0. The van der Waals surface area contributed by atoms with E-state index in [1.165, 1.54) is 5.06 Å². The van der Waals surface area contributed by atoms with E-state index < -0.39 is 5.54 Å². The molecule has 1 radical (unpaired) electrons. The summed E-state index contributed by atoms with van der Waals surface area (Å²) < 4.78 is 0.989. The van der Waals surface area contributed by atoms with E-state index in [4.69, 9.17) is 5.11 Å². The fourth-order valence-corrected chi connectivity index (χ4v) is 3.19. The van der Waals surface area contributed by atoms with Crippen molar-refractivity contribution in [3.8, 4) is 0 Å². The van der Waals surface area contributed by atoms with Gasteiger partial charge in [-0.25, -0.2) is 0 Å². The van der Waals surface area contributed by atoms with Crippen molar-refractivity contribution in [1.29, 1.82) is 0 Å². The Morgan fingerprint density at radius 3 is 2.35 bits per heavy atom. The van der Waals surface area contributed by atoms with Gasteiger partial charge in [0.15, 0.2) is 0 Å². The van der Waals surface area contributed by atoms with Gasteiger partial charge in [0, 0.05) is 49.8 Å².